The fourth-order valence-electron chi connectivity index (χ4n) is 3.08. The van der Waals surface area contributed by atoms with Crippen molar-refractivity contribution in [3.63, 3.8) is 0 Å². The summed E-state index contributed by atoms with van der Waals surface area (Å²) >= 11 is 0. The number of unbranched alkanes of at least 4 members (excludes halogenated alkanes) is 1. The number of hydrogen-bond acceptors (Lipinski definition) is 3. The quantitative estimate of drug-likeness (QED) is 0.399. The molecule has 1 N–H and O–H groups in total. The number of nitrogens with one attached hydrogen (secondary N) is 1. The zero-order valence-electron chi connectivity index (χ0n) is 17.3. The molecule has 0 atom stereocenters. The number of benzene rings is 3. The average Bonchev–Trinajstić information content (AvgIpc) is 2.77. The van der Waals surface area contributed by atoms with Crippen molar-refractivity contribution >= 4 is 0 Å². The van der Waals surface area contributed by atoms with Gasteiger partial charge in [0.05, 0.1) is 0 Å². The minimum absolute atomic E-state index is 0.553. The highest BCUT2D eigenvalue weighted by Gasteiger charge is 2.05. The number of hydrogen-bond donors (Lipinski definition) is 1. The fourth-order valence-corrected chi connectivity index (χ4v) is 3.08. The van der Waals surface area contributed by atoms with Crippen molar-refractivity contribution in [2.75, 3.05) is 13.1 Å². The van der Waals surface area contributed by atoms with E-state index in [0.29, 0.717) is 13.2 Å². The Kier molecular flexibility index (Phi) is 8.61. The van der Waals surface area contributed by atoms with Crippen LogP contribution in [-0.2, 0) is 19.6 Å². The van der Waals surface area contributed by atoms with E-state index in [2.05, 4.69) is 48.6 Å². The van der Waals surface area contributed by atoms with Gasteiger partial charge >= 0.3 is 0 Å². The molecule has 3 rings (SSSR count). The summed E-state index contributed by atoms with van der Waals surface area (Å²) in [6.45, 7) is 5.35. The van der Waals surface area contributed by atoms with E-state index < -0.39 is 0 Å². The van der Waals surface area contributed by atoms with Gasteiger partial charge in [-0.3, -0.25) is 0 Å². The van der Waals surface area contributed by atoms with Gasteiger partial charge in [-0.15, -0.1) is 0 Å². The molecule has 0 aliphatic carbocycles. The van der Waals surface area contributed by atoms with Crippen LogP contribution in [0.25, 0.3) is 0 Å². The van der Waals surface area contributed by atoms with Crippen LogP contribution in [0.5, 0.6) is 11.5 Å². The highest BCUT2D eigenvalue weighted by molar-refractivity contribution is 5.39. The predicted molar refractivity (Wildman–Crippen MR) is 119 cm³/mol. The van der Waals surface area contributed by atoms with E-state index in [1.165, 1.54) is 18.4 Å². The molecule has 3 aromatic carbocycles. The van der Waals surface area contributed by atoms with Crippen molar-refractivity contribution in [1.29, 1.82) is 0 Å². The first-order valence-corrected chi connectivity index (χ1v) is 10.5. The van der Waals surface area contributed by atoms with Crippen LogP contribution in [0.15, 0.2) is 78.9 Å². The normalized spacial score (nSPS) is 10.7. The summed E-state index contributed by atoms with van der Waals surface area (Å²) in [6, 6.07) is 26.7. The molecule has 0 heterocycles. The van der Waals surface area contributed by atoms with Gasteiger partial charge in [0.25, 0.3) is 0 Å². The lowest BCUT2D eigenvalue weighted by Gasteiger charge is -2.13. The highest BCUT2D eigenvalue weighted by Crippen LogP contribution is 2.25. The zero-order chi connectivity index (χ0) is 20.2. The predicted octanol–water partition coefficient (Wildman–Crippen LogP) is 5.78. The van der Waals surface area contributed by atoms with Crippen LogP contribution in [0.1, 0.15) is 36.5 Å². The first kappa shape index (κ1) is 20.9. The monoisotopic (exact) mass is 389 g/mol. The molecule has 0 aliphatic heterocycles. The Morgan fingerprint density at radius 3 is 1.72 bits per heavy atom. The van der Waals surface area contributed by atoms with Crippen molar-refractivity contribution in [3.05, 3.63) is 95.6 Å². The van der Waals surface area contributed by atoms with E-state index >= 15 is 0 Å². The van der Waals surface area contributed by atoms with Crippen LogP contribution in [0.2, 0.25) is 0 Å². The smallest absolute Gasteiger partial charge is 0.123 e. The van der Waals surface area contributed by atoms with E-state index in [1.54, 1.807) is 0 Å². The molecular formula is C26H31NO2. The van der Waals surface area contributed by atoms with Gasteiger partial charge < -0.3 is 14.8 Å². The second-order valence-corrected chi connectivity index (χ2v) is 7.21. The molecule has 0 fully saturated rings. The molecule has 152 valence electrons. The van der Waals surface area contributed by atoms with Gasteiger partial charge in [-0.1, -0.05) is 74.0 Å². The summed E-state index contributed by atoms with van der Waals surface area (Å²) in [6.07, 6.45) is 3.38. The number of rotatable bonds is 12. The van der Waals surface area contributed by atoms with Crippen LogP contribution in [0, 0.1) is 0 Å². The molecule has 0 aliphatic rings. The minimum Gasteiger partial charge on any atom is -0.489 e. The fraction of sp³-hybridized carbons (Fsp3) is 0.308. The summed E-state index contributed by atoms with van der Waals surface area (Å²) in [5.41, 5.74) is 3.54. The Balaban J connectivity index is 1.64. The standard InChI is InChI=1S/C26H31NO2/c1-2-3-15-27-16-14-24-17-25(28-20-22-10-6-4-7-11-22)19-26(18-24)29-21-23-12-8-5-9-13-23/h4-13,17-19,27H,2-3,14-16,20-21H2,1H3. The van der Waals surface area contributed by atoms with Crippen molar-refractivity contribution in [3.8, 4) is 11.5 Å². The maximum absolute atomic E-state index is 6.07. The van der Waals surface area contributed by atoms with Crippen LogP contribution in [-0.4, -0.2) is 13.1 Å². The Bertz CT molecular complexity index is 772. The lowest BCUT2D eigenvalue weighted by atomic mass is 10.1. The molecule has 0 spiro atoms. The molecule has 3 aromatic rings. The lowest BCUT2D eigenvalue weighted by molar-refractivity contribution is 0.289. The van der Waals surface area contributed by atoms with Gasteiger partial charge in [-0.25, -0.2) is 0 Å². The third kappa shape index (κ3) is 7.63. The first-order chi connectivity index (χ1) is 14.3. The Morgan fingerprint density at radius 2 is 1.21 bits per heavy atom. The van der Waals surface area contributed by atoms with Gasteiger partial charge in [-0.05, 0) is 54.8 Å². The maximum Gasteiger partial charge on any atom is 0.123 e. The second-order valence-electron chi connectivity index (χ2n) is 7.21. The Labute approximate surface area is 174 Å². The van der Waals surface area contributed by atoms with Crippen LogP contribution in [0.3, 0.4) is 0 Å². The molecule has 0 unspecified atom stereocenters. The molecule has 0 aromatic heterocycles. The Hall–Kier alpha value is -2.78. The molecule has 0 bridgehead atoms. The molecule has 0 radical (unpaired) electrons. The van der Waals surface area contributed by atoms with E-state index in [9.17, 15) is 0 Å². The average molecular weight is 390 g/mol. The number of ether oxygens (including phenoxy) is 2. The van der Waals surface area contributed by atoms with Crippen molar-refractivity contribution < 1.29 is 9.47 Å². The molecule has 0 saturated carbocycles. The molecule has 29 heavy (non-hydrogen) atoms. The SMILES string of the molecule is CCCCNCCc1cc(OCc2ccccc2)cc(OCc2ccccc2)c1. The zero-order valence-corrected chi connectivity index (χ0v) is 17.3. The van der Waals surface area contributed by atoms with E-state index in [-0.39, 0.29) is 0 Å². The summed E-state index contributed by atoms with van der Waals surface area (Å²) in [5.74, 6) is 1.70. The van der Waals surface area contributed by atoms with Gasteiger partial charge in [0.15, 0.2) is 0 Å². The topological polar surface area (TPSA) is 30.5 Å². The van der Waals surface area contributed by atoms with Crippen molar-refractivity contribution in [1.82, 2.24) is 5.32 Å². The summed E-state index contributed by atoms with van der Waals surface area (Å²) in [4.78, 5) is 0. The van der Waals surface area contributed by atoms with Gasteiger partial charge in [0, 0.05) is 6.07 Å². The van der Waals surface area contributed by atoms with Crippen LogP contribution in [0.4, 0.5) is 0 Å². The Morgan fingerprint density at radius 1 is 0.655 bits per heavy atom. The molecule has 3 heteroatoms. The minimum atomic E-state index is 0.553. The lowest BCUT2D eigenvalue weighted by Crippen LogP contribution is -2.18. The third-order valence-electron chi connectivity index (χ3n) is 4.73. The van der Waals surface area contributed by atoms with Crippen LogP contribution < -0.4 is 14.8 Å². The molecule has 0 amide bonds. The summed E-state index contributed by atoms with van der Waals surface area (Å²) in [5, 5.41) is 3.51. The molecule has 0 saturated heterocycles. The van der Waals surface area contributed by atoms with E-state index in [1.807, 2.05) is 42.5 Å². The maximum atomic E-state index is 6.07. The molecular weight excluding hydrogens is 358 g/mol. The van der Waals surface area contributed by atoms with Gasteiger partial charge in [-0.2, -0.15) is 0 Å². The van der Waals surface area contributed by atoms with Crippen molar-refractivity contribution in [2.45, 2.75) is 39.4 Å². The second kappa shape index (κ2) is 11.9. The molecule has 3 nitrogen and oxygen atoms in total. The highest BCUT2D eigenvalue weighted by atomic mass is 16.5. The van der Waals surface area contributed by atoms with Crippen molar-refractivity contribution in [2.24, 2.45) is 0 Å². The van der Waals surface area contributed by atoms with E-state index in [4.69, 9.17) is 9.47 Å². The summed E-state index contributed by atoms with van der Waals surface area (Å²) in [7, 11) is 0. The van der Waals surface area contributed by atoms with Crippen LogP contribution >= 0.6 is 0 Å². The van der Waals surface area contributed by atoms with Gasteiger partial charge in [0.2, 0.25) is 0 Å². The summed E-state index contributed by atoms with van der Waals surface area (Å²) < 4.78 is 12.1. The van der Waals surface area contributed by atoms with Gasteiger partial charge in [0.1, 0.15) is 24.7 Å². The third-order valence-corrected chi connectivity index (χ3v) is 4.73. The largest absolute Gasteiger partial charge is 0.489 e. The van der Waals surface area contributed by atoms with E-state index in [0.717, 1.165) is 42.1 Å². The first-order valence-electron chi connectivity index (χ1n) is 10.5.